The van der Waals surface area contributed by atoms with E-state index in [0.29, 0.717) is 23.8 Å². The zero-order valence-electron chi connectivity index (χ0n) is 15.3. The van der Waals surface area contributed by atoms with E-state index in [0.717, 1.165) is 32.9 Å². The van der Waals surface area contributed by atoms with Crippen LogP contribution in [0.3, 0.4) is 0 Å². The molecule has 0 amide bonds. The summed E-state index contributed by atoms with van der Waals surface area (Å²) in [6, 6.07) is 20.0. The lowest BCUT2D eigenvalue weighted by Gasteiger charge is -2.01. The summed E-state index contributed by atoms with van der Waals surface area (Å²) in [4.78, 5) is 7.89. The van der Waals surface area contributed by atoms with E-state index in [9.17, 15) is 5.11 Å². The van der Waals surface area contributed by atoms with E-state index in [4.69, 9.17) is 5.73 Å². The van der Waals surface area contributed by atoms with Gasteiger partial charge in [0.2, 0.25) is 0 Å². The average molecular weight is 369 g/mol. The van der Waals surface area contributed by atoms with Crippen LogP contribution < -0.4 is 5.73 Å². The third kappa shape index (κ3) is 2.54. The average Bonchev–Trinajstić information content (AvgIpc) is 3.26. The lowest BCUT2D eigenvalue weighted by molar-refractivity contribution is 0.478. The fraction of sp³-hybridized carbons (Fsp3) is 0.0909. The Morgan fingerprint density at radius 1 is 1.04 bits per heavy atom. The molecule has 0 aliphatic rings. The van der Waals surface area contributed by atoms with Crippen LogP contribution in [0.15, 0.2) is 60.7 Å². The molecule has 0 saturated heterocycles. The van der Waals surface area contributed by atoms with Gasteiger partial charge in [0.25, 0.3) is 0 Å². The summed E-state index contributed by atoms with van der Waals surface area (Å²) < 4.78 is 1.65. The lowest BCUT2D eigenvalue weighted by Crippen LogP contribution is -1.95. The van der Waals surface area contributed by atoms with Gasteiger partial charge in [0.1, 0.15) is 11.4 Å². The fourth-order valence-corrected chi connectivity index (χ4v) is 3.61. The Morgan fingerprint density at radius 3 is 2.68 bits per heavy atom. The van der Waals surface area contributed by atoms with Gasteiger partial charge in [-0.15, -0.1) is 0 Å². The molecular formula is C22H19N5O. The number of aromatic amines is 1. The second-order valence-corrected chi connectivity index (χ2v) is 6.87. The lowest BCUT2D eigenvalue weighted by atomic mass is 10.0. The zero-order chi connectivity index (χ0) is 19.3. The number of benzene rings is 3. The van der Waals surface area contributed by atoms with Crippen molar-refractivity contribution in [2.24, 2.45) is 12.8 Å². The van der Waals surface area contributed by atoms with Crippen molar-refractivity contribution in [2.75, 3.05) is 0 Å². The molecule has 0 aliphatic carbocycles. The summed E-state index contributed by atoms with van der Waals surface area (Å²) in [6.45, 7) is 0.466. The molecule has 6 nitrogen and oxygen atoms in total. The van der Waals surface area contributed by atoms with Crippen molar-refractivity contribution in [3.63, 3.8) is 0 Å². The number of rotatable bonds is 3. The molecule has 0 saturated carbocycles. The van der Waals surface area contributed by atoms with Gasteiger partial charge in [-0.25, -0.2) is 4.98 Å². The van der Waals surface area contributed by atoms with Crippen LogP contribution in [-0.4, -0.2) is 24.9 Å². The summed E-state index contributed by atoms with van der Waals surface area (Å²) in [5.74, 6) is 0.680. The molecule has 5 rings (SSSR count). The monoisotopic (exact) mass is 369 g/mol. The Balaban J connectivity index is 1.64. The number of nitrogens with one attached hydrogen (secondary N) is 1. The number of hydrogen-bond donors (Lipinski definition) is 3. The number of hydrogen-bond acceptors (Lipinski definition) is 4. The molecule has 0 atom stereocenters. The highest BCUT2D eigenvalue weighted by Gasteiger charge is 2.21. The van der Waals surface area contributed by atoms with Gasteiger partial charge in [-0.1, -0.05) is 42.5 Å². The van der Waals surface area contributed by atoms with Gasteiger partial charge in [0.05, 0.1) is 11.0 Å². The maximum atomic E-state index is 11.0. The van der Waals surface area contributed by atoms with Crippen molar-refractivity contribution in [1.29, 1.82) is 0 Å². The maximum absolute atomic E-state index is 11.0. The second kappa shape index (κ2) is 6.21. The molecule has 2 aromatic heterocycles. The normalized spacial score (nSPS) is 11.5. The summed E-state index contributed by atoms with van der Waals surface area (Å²) in [5.41, 5.74) is 10.4. The molecular weight excluding hydrogens is 350 g/mol. The first-order chi connectivity index (χ1) is 13.6. The highest BCUT2D eigenvalue weighted by Crippen LogP contribution is 2.37. The molecule has 3 aromatic carbocycles. The summed E-state index contributed by atoms with van der Waals surface area (Å²) in [5, 5.41) is 17.8. The first kappa shape index (κ1) is 16.5. The third-order valence-electron chi connectivity index (χ3n) is 5.05. The molecule has 0 spiro atoms. The molecule has 5 aromatic rings. The molecule has 138 valence electrons. The molecule has 28 heavy (non-hydrogen) atoms. The second-order valence-electron chi connectivity index (χ2n) is 6.87. The Bertz CT molecular complexity index is 1330. The topological polar surface area (TPSA) is 92.8 Å². The van der Waals surface area contributed by atoms with E-state index in [1.165, 1.54) is 0 Å². The van der Waals surface area contributed by atoms with E-state index in [1.807, 2.05) is 54.6 Å². The van der Waals surface area contributed by atoms with Crippen LogP contribution in [0, 0.1) is 0 Å². The highest BCUT2D eigenvalue weighted by atomic mass is 16.3. The van der Waals surface area contributed by atoms with Gasteiger partial charge in [-0.05, 0) is 34.5 Å². The molecule has 0 fully saturated rings. The Morgan fingerprint density at radius 2 is 1.86 bits per heavy atom. The number of imidazole rings is 1. The molecule has 0 radical (unpaired) electrons. The minimum atomic E-state index is 0.107. The number of H-pyrrole nitrogens is 1. The first-order valence-electron chi connectivity index (χ1n) is 9.08. The molecule has 6 heteroatoms. The van der Waals surface area contributed by atoms with E-state index < -0.39 is 0 Å². The van der Waals surface area contributed by atoms with E-state index in [1.54, 1.807) is 11.7 Å². The zero-order valence-corrected chi connectivity index (χ0v) is 15.3. The van der Waals surface area contributed by atoms with Crippen LogP contribution in [0.2, 0.25) is 0 Å². The molecule has 0 bridgehead atoms. The Kier molecular flexibility index (Phi) is 3.67. The smallest absolute Gasteiger partial charge is 0.173 e. The van der Waals surface area contributed by atoms with Crippen LogP contribution in [-0.2, 0) is 13.6 Å². The van der Waals surface area contributed by atoms with E-state index >= 15 is 0 Å². The van der Waals surface area contributed by atoms with E-state index in [2.05, 4.69) is 21.1 Å². The standard InChI is InChI=1S/C22H19N5O/c1-27-20(22-24-17-9-6-13(12-23)10-18(17)25-22)21(28)19(26-27)16-8-7-14-4-2-3-5-15(14)11-16/h2-11,28H,12,23H2,1H3,(H,24,25). The molecule has 0 unspecified atom stereocenters. The number of nitrogens with two attached hydrogens (primary N) is 1. The predicted octanol–water partition coefficient (Wildman–Crippen LogP) is 3.95. The minimum absolute atomic E-state index is 0.107. The summed E-state index contributed by atoms with van der Waals surface area (Å²) >= 11 is 0. The highest BCUT2D eigenvalue weighted by molar-refractivity contribution is 5.89. The van der Waals surface area contributed by atoms with Gasteiger partial charge < -0.3 is 15.8 Å². The molecule has 4 N–H and O–H groups in total. The number of aryl methyl sites for hydroxylation is 1. The van der Waals surface area contributed by atoms with Crippen LogP contribution in [0.5, 0.6) is 5.75 Å². The quantitative estimate of drug-likeness (QED) is 0.449. The summed E-state index contributed by atoms with van der Waals surface area (Å²) in [7, 11) is 1.80. The maximum Gasteiger partial charge on any atom is 0.173 e. The van der Waals surface area contributed by atoms with Crippen molar-refractivity contribution in [3.05, 3.63) is 66.2 Å². The van der Waals surface area contributed by atoms with Gasteiger partial charge in [0, 0.05) is 19.2 Å². The number of nitrogens with zero attached hydrogens (tertiary/aromatic N) is 3. The molecule has 2 heterocycles. The van der Waals surface area contributed by atoms with Crippen molar-refractivity contribution in [2.45, 2.75) is 6.54 Å². The minimum Gasteiger partial charge on any atom is -0.504 e. The first-order valence-corrected chi connectivity index (χ1v) is 9.08. The summed E-state index contributed by atoms with van der Waals surface area (Å²) in [6.07, 6.45) is 0. The Hall–Kier alpha value is -3.64. The van der Waals surface area contributed by atoms with Gasteiger partial charge in [0.15, 0.2) is 11.6 Å². The largest absolute Gasteiger partial charge is 0.504 e. The van der Waals surface area contributed by atoms with Crippen LogP contribution in [0.4, 0.5) is 0 Å². The van der Waals surface area contributed by atoms with E-state index in [-0.39, 0.29) is 5.75 Å². The van der Waals surface area contributed by atoms with Crippen molar-refractivity contribution in [3.8, 4) is 28.5 Å². The van der Waals surface area contributed by atoms with Gasteiger partial charge in [-0.2, -0.15) is 5.10 Å². The number of aromatic nitrogens is 4. The predicted molar refractivity (Wildman–Crippen MR) is 111 cm³/mol. The third-order valence-corrected chi connectivity index (χ3v) is 5.05. The molecule has 0 aliphatic heterocycles. The van der Waals surface area contributed by atoms with Crippen molar-refractivity contribution in [1.82, 2.24) is 19.7 Å². The van der Waals surface area contributed by atoms with Gasteiger partial charge >= 0.3 is 0 Å². The van der Waals surface area contributed by atoms with Crippen LogP contribution >= 0.6 is 0 Å². The van der Waals surface area contributed by atoms with Gasteiger partial charge in [-0.3, -0.25) is 4.68 Å². The number of aromatic hydroxyl groups is 1. The SMILES string of the molecule is Cn1nc(-c2ccc3ccccc3c2)c(O)c1-c1nc2ccc(CN)cc2[nH]1. The van der Waals surface area contributed by atoms with Crippen LogP contribution in [0.1, 0.15) is 5.56 Å². The fourth-order valence-electron chi connectivity index (χ4n) is 3.61. The van der Waals surface area contributed by atoms with Crippen LogP contribution in [0.25, 0.3) is 44.6 Å². The van der Waals surface area contributed by atoms with Crippen molar-refractivity contribution < 1.29 is 5.11 Å². The Labute approximate surface area is 161 Å². The number of fused-ring (bicyclic) bond motifs is 2. The van der Waals surface area contributed by atoms with Crippen molar-refractivity contribution >= 4 is 21.8 Å².